The van der Waals surface area contributed by atoms with Gasteiger partial charge in [0.15, 0.2) is 0 Å². The van der Waals surface area contributed by atoms with Crippen molar-refractivity contribution in [3.8, 4) is 0 Å². The fourth-order valence-electron chi connectivity index (χ4n) is 1.94. The summed E-state index contributed by atoms with van der Waals surface area (Å²) in [6, 6.07) is 9.04. The van der Waals surface area contributed by atoms with Crippen molar-refractivity contribution in [2.24, 2.45) is 5.73 Å². The Bertz CT molecular complexity index is 446. The van der Waals surface area contributed by atoms with Crippen LogP contribution in [0.2, 0.25) is 0 Å². The van der Waals surface area contributed by atoms with Crippen molar-refractivity contribution in [3.63, 3.8) is 0 Å². The van der Waals surface area contributed by atoms with Gasteiger partial charge in [-0.1, -0.05) is 30.3 Å². The molecule has 0 saturated carbocycles. The van der Waals surface area contributed by atoms with Crippen molar-refractivity contribution in [2.75, 3.05) is 6.54 Å². The fraction of sp³-hybridized carbons (Fsp3) is 0.500. The average molecular weight is 292 g/mol. The van der Waals surface area contributed by atoms with E-state index in [0.29, 0.717) is 19.4 Å². The Morgan fingerprint density at radius 2 is 1.90 bits per heavy atom. The highest BCUT2D eigenvalue weighted by atomic mass is 16.5. The van der Waals surface area contributed by atoms with Crippen molar-refractivity contribution in [1.82, 2.24) is 5.32 Å². The van der Waals surface area contributed by atoms with Gasteiger partial charge in [0, 0.05) is 6.42 Å². The molecule has 1 aromatic carbocycles. The SMILES string of the molecule is CC(C)OC(=O)CC(NC(=O)CCCN)c1ccccc1. The van der Waals surface area contributed by atoms with Crippen LogP contribution in [0.3, 0.4) is 0 Å². The van der Waals surface area contributed by atoms with E-state index in [1.807, 2.05) is 30.3 Å². The molecule has 0 aromatic heterocycles. The Labute approximate surface area is 125 Å². The van der Waals surface area contributed by atoms with Gasteiger partial charge in [0.05, 0.1) is 18.6 Å². The van der Waals surface area contributed by atoms with Gasteiger partial charge >= 0.3 is 5.97 Å². The van der Waals surface area contributed by atoms with E-state index >= 15 is 0 Å². The second-order valence-electron chi connectivity index (χ2n) is 5.17. The molecule has 0 aliphatic carbocycles. The fourth-order valence-corrected chi connectivity index (χ4v) is 1.94. The zero-order valence-corrected chi connectivity index (χ0v) is 12.7. The van der Waals surface area contributed by atoms with Crippen LogP contribution in [0.25, 0.3) is 0 Å². The number of rotatable bonds is 8. The Balaban J connectivity index is 2.71. The van der Waals surface area contributed by atoms with Crippen molar-refractivity contribution >= 4 is 11.9 Å². The first-order valence-corrected chi connectivity index (χ1v) is 7.26. The highest BCUT2D eigenvalue weighted by Crippen LogP contribution is 2.18. The number of nitrogens with one attached hydrogen (secondary N) is 1. The van der Waals surface area contributed by atoms with Crippen molar-refractivity contribution in [1.29, 1.82) is 0 Å². The van der Waals surface area contributed by atoms with E-state index in [-0.39, 0.29) is 30.4 Å². The monoisotopic (exact) mass is 292 g/mol. The first kappa shape index (κ1) is 17.2. The number of amides is 1. The maximum absolute atomic E-state index is 11.9. The molecule has 0 heterocycles. The topological polar surface area (TPSA) is 81.4 Å². The quantitative estimate of drug-likeness (QED) is 0.717. The number of ether oxygens (including phenoxy) is 1. The molecule has 1 rings (SSSR count). The number of carbonyl (C=O) groups excluding carboxylic acids is 2. The summed E-state index contributed by atoms with van der Waals surface area (Å²) in [6.07, 6.45) is 0.946. The number of carbonyl (C=O) groups is 2. The molecule has 5 nitrogen and oxygen atoms in total. The lowest BCUT2D eigenvalue weighted by atomic mass is 10.0. The molecule has 116 valence electrons. The minimum Gasteiger partial charge on any atom is -0.463 e. The van der Waals surface area contributed by atoms with E-state index in [9.17, 15) is 9.59 Å². The molecule has 0 saturated heterocycles. The van der Waals surface area contributed by atoms with Crippen molar-refractivity contribution < 1.29 is 14.3 Å². The Kier molecular flexibility index (Phi) is 7.46. The number of esters is 1. The second kappa shape index (κ2) is 9.13. The molecule has 1 unspecified atom stereocenters. The smallest absolute Gasteiger partial charge is 0.308 e. The third kappa shape index (κ3) is 6.90. The standard InChI is InChI=1S/C16H24N2O3/c1-12(2)21-16(20)11-14(13-7-4-3-5-8-13)18-15(19)9-6-10-17/h3-5,7-8,12,14H,6,9-11,17H2,1-2H3,(H,18,19). The molecule has 0 aliphatic rings. The molecule has 0 spiro atoms. The first-order chi connectivity index (χ1) is 10.0. The Morgan fingerprint density at radius 3 is 2.48 bits per heavy atom. The van der Waals surface area contributed by atoms with E-state index in [2.05, 4.69) is 5.32 Å². The third-order valence-corrected chi connectivity index (χ3v) is 2.88. The van der Waals surface area contributed by atoms with Crippen LogP contribution in [-0.2, 0) is 14.3 Å². The van der Waals surface area contributed by atoms with Gasteiger partial charge in [-0.15, -0.1) is 0 Å². The summed E-state index contributed by atoms with van der Waals surface area (Å²) in [5, 5.41) is 2.88. The molecule has 0 bridgehead atoms. The molecule has 0 radical (unpaired) electrons. The van der Waals surface area contributed by atoms with Crippen LogP contribution in [0.5, 0.6) is 0 Å². The van der Waals surface area contributed by atoms with Crippen LogP contribution in [0.1, 0.15) is 44.7 Å². The van der Waals surface area contributed by atoms with Crippen LogP contribution in [0.15, 0.2) is 30.3 Å². The highest BCUT2D eigenvalue weighted by Gasteiger charge is 2.19. The van der Waals surface area contributed by atoms with Gasteiger partial charge in [-0.2, -0.15) is 0 Å². The Morgan fingerprint density at radius 1 is 1.24 bits per heavy atom. The van der Waals surface area contributed by atoms with E-state index in [4.69, 9.17) is 10.5 Å². The van der Waals surface area contributed by atoms with Crippen molar-refractivity contribution in [2.45, 2.75) is 45.3 Å². The van der Waals surface area contributed by atoms with Gasteiger partial charge < -0.3 is 15.8 Å². The molecule has 21 heavy (non-hydrogen) atoms. The van der Waals surface area contributed by atoms with Crippen LogP contribution >= 0.6 is 0 Å². The second-order valence-corrected chi connectivity index (χ2v) is 5.17. The van der Waals surface area contributed by atoms with Gasteiger partial charge in [-0.25, -0.2) is 0 Å². The summed E-state index contributed by atoms with van der Waals surface area (Å²) < 4.78 is 5.15. The van der Waals surface area contributed by atoms with Gasteiger partial charge in [0.1, 0.15) is 0 Å². The maximum atomic E-state index is 11.9. The van der Waals surface area contributed by atoms with E-state index in [1.165, 1.54) is 0 Å². The van der Waals surface area contributed by atoms with Crippen LogP contribution < -0.4 is 11.1 Å². The normalized spacial score (nSPS) is 12.0. The minimum atomic E-state index is -0.372. The highest BCUT2D eigenvalue weighted by molar-refractivity contribution is 5.78. The van der Waals surface area contributed by atoms with Crippen molar-refractivity contribution in [3.05, 3.63) is 35.9 Å². The molecule has 5 heteroatoms. The van der Waals surface area contributed by atoms with Gasteiger partial charge in [0.2, 0.25) is 5.91 Å². The molecule has 0 fully saturated rings. The lowest BCUT2D eigenvalue weighted by molar-refractivity contribution is -0.148. The lowest BCUT2D eigenvalue weighted by Gasteiger charge is -2.19. The van der Waals surface area contributed by atoms with E-state index < -0.39 is 0 Å². The Hall–Kier alpha value is -1.88. The predicted molar refractivity (Wildman–Crippen MR) is 81.5 cm³/mol. The number of hydrogen-bond donors (Lipinski definition) is 2. The maximum Gasteiger partial charge on any atom is 0.308 e. The van der Waals surface area contributed by atoms with Crippen LogP contribution in [0, 0.1) is 0 Å². The predicted octanol–water partition coefficient (Wildman–Crippen LogP) is 1.92. The van der Waals surface area contributed by atoms with Gasteiger partial charge in [0.25, 0.3) is 0 Å². The lowest BCUT2D eigenvalue weighted by Crippen LogP contribution is -2.31. The van der Waals surface area contributed by atoms with E-state index in [1.54, 1.807) is 13.8 Å². The minimum absolute atomic E-state index is 0.105. The number of benzene rings is 1. The van der Waals surface area contributed by atoms with Crippen LogP contribution in [-0.4, -0.2) is 24.5 Å². The summed E-state index contributed by atoms with van der Waals surface area (Å²) in [7, 11) is 0. The summed E-state index contributed by atoms with van der Waals surface area (Å²) in [6.45, 7) is 4.07. The number of nitrogens with two attached hydrogens (primary N) is 1. The summed E-state index contributed by atoms with van der Waals surface area (Å²) in [5.74, 6) is -0.426. The molecular weight excluding hydrogens is 268 g/mol. The summed E-state index contributed by atoms with van der Waals surface area (Å²) in [5.41, 5.74) is 6.29. The molecule has 0 aliphatic heterocycles. The largest absolute Gasteiger partial charge is 0.463 e. The number of hydrogen-bond acceptors (Lipinski definition) is 4. The van der Waals surface area contributed by atoms with Gasteiger partial charge in [-0.3, -0.25) is 9.59 Å². The van der Waals surface area contributed by atoms with E-state index in [0.717, 1.165) is 5.56 Å². The summed E-state index contributed by atoms with van der Waals surface area (Å²) >= 11 is 0. The van der Waals surface area contributed by atoms with Gasteiger partial charge in [-0.05, 0) is 32.4 Å². The zero-order valence-electron chi connectivity index (χ0n) is 12.7. The average Bonchev–Trinajstić information content (AvgIpc) is 2.44. The first-order valence-electron chi connectivity index (χ1n) is 7.26. The summed E-state index contributed by atoms with van der Waals surface area (Å²) in [4.78, 5) is 23.7. The third-order valence-electron chi connectivity index (χ3n) is 2.88. The van der Waals surface area contributed by atoms with Crippen LogP contribution in [0.4, 0.5) is 0 Å². The molecule has 1 amide bonds. The molecule has 3 N–H and O–H groups in total. The molecule has 1 atom stereocenters. The molecule has 1 aromatic rings. The zero-order chi connectivity index (χ0) is 15.7. The molecular formula is C16H24N2O3.